The van der Waals surface area contributed by atoms with Crippen molar-refractivity contribution in [3.05, 3.63) is 22.8 Å². The summed E-state index contributed by atoms with van der Waals surface area (Å²) in [5.41, 5.74) is 4.49. The maximum Gasteiger partial charge on any atom is 0.0697 e. The van der Waals surface area contributed by atoms with Crippen LogP contribution in [0.5, 0.6) is 0 Å². The minimum absolute atomic E-state index is 0. The van der Waals surface area contributed by atoms with Gasteiger partial charge in [0.05, 0.1) is 7.74 Å². The summed E-state index contributed by atoms with van der Waals surface area (Å²) in [5.74, 6) is 0. The molecule has 112 valence electrons. The van der Waals surface area contributed by atoms with E-state index in [2.05, 4.69) is 60.7 Å². The molecular formula is C15H29ClCrPSi-. The van der Waals surface area contributed by atoms with Gasteiger partial charge in [0, 0.05) is 17.4 Å². The summed E-state index contributed by atoms with van der Waals surface area (Å²) in [6.45, 7) is 19.2. The van der Waals surface area contributed by atoms with Gasteiger partial charge in [0.2, 0.25) is 0 Å². The zero-order chi connectivity index (χ0) is 13.4. The van der Waals surface area contributed by atoms with Crippen LogP contribution in [0.25, 0.3) is 0 Å². The van der Waals surface area contributed by atoms with Gasteiger partial charge in [-0.1, -0.05) is 52.8 Å². The third-order valence-electron chi connectivity index (χ3n) is 5.09. The van der Waals surface area contributed by atoms with Crippen LogP contribution in [0.15, 0.2) is 16.7 Å². The Morgan fingerprint density at radius 3 is 1.79 bits per heavy atom. The van der Waals surface area contributed by atoms with Crippen molar-refractivity contribution in [1.82, 2.24) is 0 Å². The van der Waals surface area contributed by atoms with Crippen LogP contribution in [0.3, 0.4) is 0 Å². The molecule has 0 saturated heterocycles. The Morgan fingerprint density at radius 2 is 1.53 bits per heavy atom. The first-order valence-corrected chi connectivity index (χ1v) is 12.3. The second-order valence-corrected chi connectivity index (χ2v) is 17.6. The molecule has 1 aliphatic carbocycles. The normalized spacial score (nSPS) is 23.1. The third-order valence-corrected chi connectivity index (χ3v) is 19.1. The SMILES string of the molecule is CCP(CC)[Si](C)(C)C1(C)[C-]=C(C)C(C)=C1C.Cl.[Cr]. The summed E-state index contributed by atoms with van der Waals surface area (Å²) in [6.07, 6.45) is 6.60. The predicted octanol–water partition coefficient (Wildman–Crippen LogP) is 5.99. The van der Waals surface area contributed by atoms with Crippen LogP contribution in [0, 0.1) is 6.08 Å². The van der Waals surface area contributed by atoms with Crippen molar-refractivity contribution in [3.8, 4) is 0 Å². The molecule has 4 heteroatoms. The summed E-state index contributed by atoms with van der Waals surface area (Å²) >= 11 is 0. The molecule has 0 radical (unpaired) electrons. The van der Waals surface area contributed by atoms with Crippen molar-refractivity contribution < 1.29 is 17.4 Å². The molecule has 0 aromatic heterocycles. The van der Waals surface area contributed by atoms with Crippen molar-refractivity contribution >= 4 is 27.6 Å². The Balaban J connectivity index is 0. The van der Waals surface area contributed by atoms with Crippen molar-refractivity contribution in [2.24, 2.45) is 0 Å². The molecule has 1 unspecified atom stereocenters. The Bertz CT molecular complexity index is 372. The van der Waals surface area contributed by atoms with Gasteiger partial charge >= 0.3 is 0 Å². The number of hydrogen-bond acceptors (Lipinski definition) is 0. The summed E-state index contributed by atoms with van der Waals surface area (Å²) in [4.78, 5) is 0. The van der Waals surface area contributed by atoms with Crippen molar-refractivity contribution in [3.63, 3.8) is 0 Å². The minimum atomic E-state index is -1.30. The molecule has 1 atom stereocenters. The van der Waals surface area contributed by atoms with E-state index in [-0.39, 0.29) is 42.3 Å². The fourth-order valence-corrected chi connectivity index (χ4v) is 14.7. The van der Waals surface area contributed by atoms with Crippen molar-refractivity contribution in [2.45, 2.75) is 59.7 Å². The van der Waals surface area contributed by atoms with E-state index >= 15 is 0 Å². The molecule has 0 aromatic carbocycles. The summed E-state index contributed by atoms with van der Waals surface area (Å²) in [7, 11) is -1.09. The second kappa shape index (κ2) is 7.82. The first-order valence-electron chi connectivity index (χ1n) is 6.77. The number of hydrogen-bond donors (Lipinski definition) is 0. The van der Waals surface area contributed by atoms with Crippen molar-refractivity contribution in [1.29, 1.82) is 0 Å². The van der Waals surface area contributed by atoms with Gasteiger partial charge in [-0.2, -0.15) is 11.1 Å². The molecule has 0 heterocycles. The summed E-state index contributed by atoms with van der Waals surface area (Å²) in [5, 5.41) is 0.277. The fourth-order valence-electron chi connectivity index (χ4n) is 3.16. The van der Waals surface area contributed by atoms with Gasteiger partial charge in [0.1, 0.15) is 0 Å². The van der Waals surface area contributed by atoms with E-state index in [9.17, 15) is 0 Å². The van der Waals surface area contributed by atoms with Gasteiger partial charge in [-0.25, -0.2) is 5.57 Å². The molecule has 0 spiro atoms. The molecular weight excluding hydrogens is 327 g/mol. The van der Waals surface area contributed by atoms with Crippen LogP contribution in [0.2, 0.25) is 18.1 Å². The molecule has 0 bridgehead atoms. The first-order chi connectivity index (χ1) is 7.72. The first kappa shape index (κ1) is 22.2. The van der Waals surface area contributed by atoms with E-state index in [0.717, 1.165) is 0 Å². The van der Waals surface area contributed by atoms with Gasteiger partial charge in [0.15, 0.2) is 0 Å². The molecule has 0 fully saturated rings. The average molecular weight is 356 g/mol. The quantitative estimate of drug-likeness (QED) is 0.330. The van der Waals surface area contributed by atoms with Crippen LogP contribution >= 0.6 is 19.9 Å². The molecule has 0 aliphatic heterocycles. The van der Waals surface area contributed by atoms with Crippen LogP contribution in [-0.2, 0) is 17.4 Å². The Kier molecular flexibility index (Phi) is 9.15. The van der Waals surface area contributed by atoms with Crippen LogP contribution < -0.4 is 0 Å². The predicted molar refractivity (Wildman–Crippen MR) is 91.9 cm³/mol. The van der Waals surface area contributed by atoms with Gasteiger partial charge in [-0.05, 0) is 12.3 Å². The van der Waals surface area contributed by atoms with E-state index in [1.165, 1.54) is 23.5 Å². The van der Waals surface area contributed by atoms with Gasteiger partial charge in [0.25, 0.3) is 0 Å². The number of rotatable bonds is 4. The van der Waals surface area contributed by atoms with E-state index in [1.54, 1.807) is 5.57 Å². The average Bonchev–Trinajstić information content (AvgIpc) is 2.45. The van der Waals surface area contributed by atoms with Crippen molar-refractivity contribution in [2.75, 3.05) is 12.3 Å². The van der Waals surface area contributed by atoms with Gasteiger partial charge in [-0.15, -0.1) is 26.8 Å². The molecule has 0 saturated carbocycles. The van der Waals surface area contributed by atoms with E-state index in [4.69, 9.17) is 0 Å². The Labute approximate surface area is 139 Å². The monoisotopic (exact) mass is 355 g/mol. The standard InChI is InChI=1S/C15H28PSi.ClH.Cr/c1-9-16(10-2)17(7,8)15(6)11-12(3)13(4)14(15)5;;/h9-10H2,1-8H3;1H;/q-1;;. The topological polar surface area (TPSA) is 0 Å². The molecule has 0 N–H and O–H groups in total. The Hall–Kier alpha value is 0.949. The van der Waals surface area contributed by atoms with Gasteiger partial charge < -0.3 is 0 Å². The van der Waals surface area contributed by atoms with Crippen LogP contribution in [0.1, 0.15) is 41.5 Å². The van der Waals surface area contributed by atoms with Crippen LogP contribution in [0.4, 0.5) is 0 Å². The van der Waals surface area contributed by atoms with Crippen LogP contribution in [-0.4, -0.2) is 20.1 Å². The fraction of sp³-hybridized carbons (Fsp3) is 0.733. The molecule has 0 amide bonds. The van der Waals surface area contributed by atoms with E-state index in [0.29, 0.717) is 0 Å². The minimum Gasteiger partial charge on any atom is -0.265 e. The summed E-state index contributed by atoms with van der Waals surface area (Å²) < 4.78 is 0. The molecule has 0 nitrogen and oxygen atoms in total. The Morgan fingerprint density at radius 1 is 1.11 bits per heavy atom. The largest absolute Gasteiger partial charge is 0.265 e. The second-order valence-electron chi connectivity index (χ2n) is 5.86. The molecule has 0 aromatic rings. The van der Waals surface area contributed by atoms with E-state index < -0.39 is 7.74 Å². The molecule has 1 aliphatic rings. The zero-order valence-electron chi connectivity index (χ0n) is 13.7. The maximum atomic E-state index is 3.84. The van der Waals surface area contributed by atoms with Gasteiger partial charge in [-0.3, -0.25) is 6.08 Å². The smallest absolute Gasteiger partial charge is 0.0697 e. The van der Waals surface area contributed by atoms with E-state index in [1.807, 2.05) is 0 Å². The maximum absolute atomic E-state index is 3.84. The number of allylic oxidation sites excluding steroid dienone is 4. The number of halogens is 1. The summed E-state index contributed by atoms with van der Waals surface area (Å²) in [6, 6.07) is 0. The zero-order valence-corrected chi connectivity index (χ0v) is 17.7. The molecule has 1 rings (SSSR count). The molecule has 19 heavy (non-hydrogen) atoms. The third kappa shape index (κ3) is 3.59.